The van der Waals surface area contributed by atoms with Gasteiger partial charge in [0.05, 0.1) is 13.0 Å². The van der Waals surface area contributed by atoms with Crippen LogP contribution in [-0.4, -0.2) is 29.2 Å². The van der Waals surface area contributed by atoms with Gasteiger partial charge in [-0.05, 0) is 72.2 Å². The molecule has 2 aliphatic carbocycles. The van der Waals surface area contributed by atoms with Crippen molar-refractivity contribution < 1.29 is 14.6 Å². The van der Waals surface area contributed by atoms with Crippen molar-refractivity contribution in [1.82, 2.24) is 4.98 Å². The molecule has 0 fully saturated rings. The molecule has 0 saturated heterocycles. The van der Waals surface area contributed by atoms with E-state index in [-0.39, 0.29) is 18.3 Å². The number of benzene rings is 1. The lowest BCUT2D eigenvalue weighted by Gasteiger charge is -2.23. The fourth-order valence-electron chi connectivity index (χ4n) is 4.29. The van der Waals surface area contributed by atoms with Crippen molar-refractivity contribution in [2.24, 2.45) is 11.8 Å². The molecule has 2 atom stereocenters. The molecule has 2 aromatic rings. The molecule has 1 heterocycles. The number of aromatic nitrogens is 1. The van der Waals surface area contributed by atoms with E-state index in [4.69, 9.17) is 4.74 Å². The summed E-state index contributed by atoms with van der Waals surface area (Å²) in [6.07, 6.45) is 12.1. The van der Waals surface area contributed by atoms with Crippen LogP contribution in [0.25, 0.3) is 5.57 Å². The van der Waals surface area contributed by atoms with Gasteiger partial charge in [0.1, 0.15) is 11.6 Å². The Kier molecular flexibility index (Phi) is 6.51. The number of carboxylic acid groups (broad SMARTS) is 1. The number of rotatable bonds is 8. The molecule has 0 saturated carbocycles. The number of aliphatic carboxylic acids is 1. The van der Waals surface area contributed by atoms with Gasteiger partial charge in [-0.25, -0.2) is 4.98 Å². The summed E-state index contributed by atoms with van der Waals surface area (Å²) in [6, 6.07) is 12.0. The molecule has 31 heavy (non-hydrogen) atoms. The molecule has 160 valence electrons. The van der Waals surface area contributed by atoms with Gasteiger partial charge in [-0.2, -0.15) is 0 Å². The molecule has 2 N–H and O–H groups in total. The number of nitrogens with zero attached hydrogens (tertiary/aromatic N) is 1. The number of hydrogen-bond donors (Lipinski definition) is 2. The SMILES string of the molecule is Cc1cccc2c1CC1C=C(OCCCNc3ccccn3)C=CC1C=C2CC(=O)O. The lowest BCUT2D eigenvalue weighted by Crippen LogP contribution is -2.16. The van der Waals surface area contributed by atoms with Crippen LogP contribution in [0.4, 0.5) is 5.82 Å². The topological polar surface area (TPSA) is 71.5 Å². The van der Waals surface area contributed by atoms with E-state index < -0.39 is 5.97 Å². The smallest absolute Gasteiger partial charge is 0.307 e. The van der Waals surface area contributed by atoms with Crippen LogP contribution in [0.5, 0.6) is 0 Å². The molecule has 0 spiro atoms. The molecular formula is C26H28N2O3. The first kappa shape index (κ1) is 20.9. The molecule has 5 heteroatoms. The van der Waals surface area contributed by atoms with Gasteiger partial charge >= 0.3 is 5.97 Å². The maximum atomic E-state index is 11.4. The molecule has 2 unspecified atom stereocenters. The van der Waals surface area contributed by atoms with Crippen molar-refractivity contribution in [2.75, 3.05) is 18.5 Å². The fourth-order valence-corrected chi connectivity index (χ4v) is 4.29. The standard InChI is InChI=1S/C26H28N2O3/c1-18-6-4-7-23-21(17-26(29)30)14-19-9-10-22(15-20(19)16-24(18)23)31-13-5-12-28-25-8-2-3-11-27-25/h2-4,6-11,14-15,19-20H,5,12-13,16-17H2,1H3,(H,27,28)(H,29,30). The highest BCUT2D eigenvalue weighted by Gasteiger charge is 2.27. The van der Waals surface area contributed by atoms with Gasteiger partial charge in [0.25, 0.3) is 0 Å². The van der Waals surface area contributed by atoms with Crippen LogP contribution in [0.1, 0.15) is 29.5 Å². The quantitative estimate of drug-likeness (QED) is 0.592. The highest BCUT2D eigenvalue weighted by molar-refractivity contribution is 5.85. The first-order valence-electron chi connectivity index (χ1n) is 10.8. The highest BCUT2D eigenvalue weighted by atomic mass is 16.5. The van der Waals surface area contributed by atoms with Crippen LogP contribution >= 0.6 is 0 Å². The molecule has 5 nitrogen and oxygen atoms in total. The zero-order valence-electron chi connectivity index (χ0n) is 17.8. The van der Waals surface area contributed by atoms with Crippen molar-refractivity contribution in [2.45, 2.75) is 26.2 Å². The number of ether oxygens (including phenoxy) is 1. The lowest BCUT2D eigenvalue weighted by atomic mass is 9.83. The van der Waals surface area contributed by atoms with Crippen molar-refractivity contribution in [1.29, 1.82) is 0 Å². The van der Waals surface area contributed by atoms with E-state index in [0.29, 0.717) is 6.61 Å². The van der Waals surface area contributed by atoms with Gasteiger partial charge in [-0.3, -0.25) is 4.79 Å². The van der Waals surface area contributed by atoms with Crippen LogP contribution in [0.3, 0.4) is 0 Å². The Labute approximate surface area is 183 Å². The maximum absolute atomic E-state index is 11.4. The summed E-state index contributed by atoms with van der Waals surface area (Å²) >= 11 is 0. The minimum Gasteiger partial charge on any atom is -0.494 e. The molecule has 0 amide bonds. The molecule has 1 aromatic carbocycles. The first-order chi connectivity index (χ1) is 15.1. The number of carboxylic acids is 1. The number of nitrogens with one attached hydrogen (secondary N) is 1. The van der Waals surface area contributed by atoms with E-state index in [1.54, 1.807) is 6.20 Å². The molecule has 0 aliphatic heterocycles. The van der Waals surface area contributed by atoms with Crippen molar-refractivity contribution in [3.8, 4) is 0 Å². The summed E-state index contributed by atoms with van der Waals surface area (Å²) in [5.74, 6) is 1.41. The van der Waals surface area contributed by atoms with E-state index in [0.717, 1.165) is 42.1 Å². The Morgan fingerprint density at radius 1 is 1.23 bits per heavy atom. The van der Waals surface area contributed by atoms with Gasteiger partial charge in [-0.1, -0.05) is 36.4 Å². The van der Waals surface area contributed by atoms with Gasteiger partial charge in [0.2, 0.25) is 0 Å². The zero-order chi connectivity index (χ0) is 21.6. The van der Waals surface area contributed by atoms with Crippen molar-refractivity contribution >= 4 is 17.4 Å². The molecular weight excluding hydrogens is 388 g/mol. The Hall–Kier alpha value is -3.34. The minimum atomic E-state index is -0.796. The largest absolute Gasteiger partial charge is 0.494 e. The molecule has 1 aromatic heterocycles. The number of allylic oxidation sites excluding steroid dienone is 4. The monoisotopic (exact) mass is 416 g/mol. The van der Waals surface area contributed by atoms with Crippen LogP contribution in [-0.2, 0) is 16.0 Å². The number of hydrogen-bond acceptors (Lipinski definition) is 4. The summed E-state index contributed by atoms with van der Waals surface area (Å²) < 4.78 is 6.02. The molecule has 0 bridgehead atoms. The van der Waals surface area contributed by atoms with Crippen LogP contribution in [0.2, 0.25) is 0 Å². The number of anilines is 1. The Balaban J connectivity index is 1.41. The first-order valence-corrected chi connectivity index (χ1v) is 10.8. The van der Waals surface area contributed by atoms with Gasteiger partial charge in [0.15, 0.2) is 0 Å². The normalized spacial score (nSPS) is 19.4. The van der Waals surface area contributed by atoms with Crippen molar-refractivity contribution in [3.05, 3.63) is 89.3 Å². The van der Waals surface area contributed by atoms with Gasteiger partial charge in [-0.15, -0.1) is 0 Å². The second-order valence-electron chi connectivity index (χ2n) is 8.08. The third-order valence-electron chi connectivity index (χ3n) is 5.85. The Morgan fingerprint density at radius 2 is 2.13 bits per heavy atom. The Bertz CT molecular complexity index is 1020. The zero-order valence-corrected chi connectivity index (χ0v) is 17.8. The second kappa shape index (κ2) is 9.65. The lowest BCUT2D eigenvalue weighted by molar-refractivity contribution is -0.135. The van der Waals surface area contributed by atoms with E-state index in [1.165, 1.54) is 11.1 Å². The molecule has 2 aliphatic rings. The second-order valence-corrected chi connectivity index (χ2v) is 8.08. The summed E-state index contributed by atoms with van der Waals surface area (Å²) in [6.45, 7) is 3.53. The number of carbonyl (C=O) groups is 1. The summed E-state index contributed by atoms with van der Waals surface area (Å²) in [4.78, 5) is 15.7. The van der Waals surface area contributed by atoms with Crippen LogP contribution in [0.15, 0.2) is 72.7 Å². The van der Waals surface area contributed by atoms with Crippen LogP contribution < -0.4 is 5.32 Å². The van der Waals surface area contributed by atoms with Gasteiger partial charge in [0, 0.05) is 18.7 Å². The molecule has 4 rings (SSSR count). The van der Waals surface area contributed by atoms with E-state index in [1.807, 2.05) is 36.4 Å². The number of aryl methyl sites for hydroxylation is 1. The third kappa shape index (κ3) is 5.23. The van der Waals surface area contributed by atoms with E-state index >= 15 is 0 Å². The Morgan fingerprint density at radius 3 is 2.94 bits per heavy atom. The predicted octanol–water partition coefficient (Wildman–Crippen LogP) is 5.01. The predicted molar refractivity (Wildman–Crippen MR) is 123 cm³/mol. The number of pyridine rings is 1. The minimum absolute atomic E-state index is 0.0455. The average molecular weight is 417 g/mol. The van der Waals surface area contributed by atoms with E-state index in [9.17, 15) is 9.90 Å². The summed E-state index contributed by atoms with van der Waals surface area (Å²) in [7, 11) is 0. The van der Waals surface area contributed by atoms with Gasteiger partial charge < -0.3 is 15.2 Å². The van der Waals surface area contributed by atoms with E-state index in [2.05, 4.69) is 41.5 Å². The highest BCUT2D eigenvalue weighted by Crippen LogP contribution is 2.38. The van der Waals surface area contributed by atoms with Crippen molar-refractivity contribution in [3.63, 3.8) is 0 Å². The maximum Gasteiger partial charge on any atom is 0.307 e. The summed E-state index contributed by atoms with van der Waals surface area (Å²) in [5.41, 5.74) is 4.43. The number of fused-ring (bicyclic) bond motifs is 2. The summed E-state index contributed by atoms with van der Waals surface area (Å²) in [5, 5.41) is 12.7. The van der Waals surface area contributed by atoms with Crippen LogP contribution in [0, 0.1) is 18.8 Å². The average Bonchev–Trinajstić information content (AvgIpc) is 2.91. The fraction of sp³-hybridized carbons (Fsp3) is 0.308. The third-order valence-corrected chi connectivity index (χ3v) is 5.85. The molecule has 0 radical (unpaired) electrons.